The van der Waals surface area contributed by atoms with Crippen molar-refractivity contribution < 1.29 is 22.4 Å². The Labute approximate surface area is 124 Å². The van der Waals surface area contributed by atoms with Crippen molar-refractivity contribution in [1.29, 1.82) is 5.26 Å². The Morgan fingerprint density at radius 3 is 2.77 bits per heavy atom. The molecule has 0 aromatic heterocycles. The van der Waals surface area contributed by atoms with E-state index in [0.717, 1.165) is 12.1 Å². The van der Waals surface area contributed by atoms with Gasteiger partial charge in [0, 0.05) is 13.1 Å². The Morgan fingerprint density at radius 1 is 1.41 bits per heavy atom. The van der Waals surface area contributed by atoms with E-state index in [1.54, 1.807) is 0 Å². The number of piperidine rings is 1. The van der Waals surface area contributed by atoms with Crippen molar-refractivity contribution in [2.45, 2.75) is 19.0 Å². The first-order chi connectivity index (χ1) is 10.3. The number of hydrogen-bond acceptors (Lipinski definition) is 2. The standard InChI is InChI=1S/C14H13F4N3O/c15-12-10(14(16,17)18)4-1-5-11(12)20-13(22)21-6-2-3-9(7-19)8-21/h1,4-5,9H,2-3,6,8H2,(H,20,22)/t9-/m0/s1. The molecule has 22 heavy (non-hydrogen) atoms. The second kappa shape index (κ2) is 6.22. The molecule has 1 aliphatic heterocycles. The number of carbonyl (C=O) groups excluding carboxylic acids is 1. The van der Waals surface area contributed by atoms with Crippen molar-refractivity contribution in [2.24, 2.45) is 5.92 Å². The molecular formula is C14H13F4N3O. The number of halogens is 4. The summed E-state index contributed by atoms with van der Waals surface area (Å²) in [5.41, 5.74) is -1.96. The predicted molar refractivity (Wildman–Crippen MR) is 70.3 cm³/mol. The van der Waals surface area contributed by atoms with Crippen LogP contribution in [0.25, 0.3) is 0 Å². The largest absolute Gasteiger partial charge is 0.419 e. The number of amides is 2. The third-order valence-corrected chi connectivity index (χ3v) is 3.44. The minimum absolute atomic E-state index is 0.183. The molecule has 1 aromatic carbocycles. The first-order valence-electron chi connectivity index (χ1n) is 6.64. The van der Waals surface area contributed by atoms with Crippen LogP contribution in [0.15, 0.2) is 18.2 Å². The molecule has 1 saturated heterocycles. The van der Waals surface area contributed by atoms with Gasteiger partial charge in [-0.25, -0.2) is 9.18 Å². The van der Waals surface area contributed by atoms with Gasteiger partial charge in [0.2, 0.25) is 0 Å². The first kappa shape index (κ1) is 16.1. The lowest BCUT2D eigenvalue weighted by Crippen LogP contribution is -2.42. The zero-order chi connectivity index (χ0) is 16.3. The number of likely N-dealkylation sites (tertiary alicyclic amines) is 1. The predicted octanol–water partition coefficient (Wildman–Crippen LogP) is 3.61. The van der Waals surface area contributed by atoms with E-state index in [-0.39, 0.29) is 12.5 Å². The van der Waals surface area contributed by atoms with Gasteiger partial charge in [-0.05, 0) is 25.0 Å². The number of carbonyl (C=O) groups is 1. The van der Waals surface area contributed by atoms with Gasteiger partial charge in [-0.2, -0.15) is 18.4 Å². The Kier molecular flexibility index (Phi) is 4.54. The summed E-state index contributed by atoms with van der Waals surface area (Å²) in [5.74, 6) is -1.83. The molecule has 1 atom stereocenters. The summed E-state index contributed by atoms with van der Waals surface area (Å²) in [4.78, 5) is 13.3. The normalized spacial score (nSPS) is 18.7. The smallest absolute Gasteiger partial charge is 0.323 e. The summed E-state index contributed by atoms with van der Waals surface area (Å²) in [6.07, 6.45) is -3.54. The van der Waals surface area contributed by atoms with E-state index >= 15 is 0 Å². The van der Waals surface area contributed by atoms with Crippen molar-refractivity contribution in [3.63, 3.8) is 0 Å². The lowest BCUT2D eigenvalue weighted by molar-refractivity contribution is -0.139. The van der Waals surface area contributed by atoms with E-state index in [4.69, 9.17) is 5.26 Å². The van der Waals surface area contributed by atoms with Crippen molar-refractivity contribution in [1.82, 2.24) is 4.90 Å². The zero-order valence-corrected chi connectivity index (χ0v) is 11.5. The topological polar surface area (TPSA) is 56.1 Å². The van der Waals surface area contributed by atoms with Gasteiger partial charge in [-0.3, -0.25) is 0 Å². The maximum atomic E-state index is 13.8. The Balaban J connectivity index is 2.14. The third kappa shape index (κ3) is 3.47. The molecule has 2 rings (SSSR count). The van der Waals surface area contributed by atoms with Crippen molar-refractivity contribution >= 4 is 11.7 Å². The van der Waals surface area contributed by atoms with Crippen LogP contribution in [0, 0.1) is 23.1 Å². The molecule has 1 heterocycles. The minimum atomic E-state index is -4.83. The maximum absolute atomic E-state index is 13.8. The van der Waals surface area contributed by atoms with E-state index in [1.807, 2.05) is 6.07 Å². The van der Waals surface area contributed by atoms with Crippen LogP contribution in [0.5, 0.6) is 0 Å². The van der Waals surface area contributed by atoms with Gasteiger partial charge in [-0.1, -0.05) is 6.07 Å². The fraction of sp³-hybridized carbons (Fsp3) is 0.429. The molecule has 0 aliphatic carbocycles. The molecule has 8 heteroatoms. The van der Waals surface area contributed by atoms with E-state index < -0.39 is 29.3 Å². The molecule has 4 nitrogen and oxygen atoms in total. The highest BCUT2D eigenvalue weighted by molar-refractivity contribution is 5.89. The van der Waals surface area contributed by atoms with E-state index in [2.05, 4.69) is 5.32 Å². The SMILES string of the molecule is N#C[C@@H]1CCCN(C(=O)Nc2cccc(C(F)(F)F)c2F)C1. The molecule has 1 N–H and O–H groups in total. The second-order valence-electron chi connectivity index (χ2n) is 5.01. The lowest BCUT2D eigenvalue weighted by Gasteiger charge is -2.29. The number of anilines is 1. The second-order valence-corrected chi connectivity index (χ2v) is 5.01. The van der Waals surface area contributed by atoms with E-state index in [0.29, 0.717) is 25.5 Å². The number of nitrogens with zero attached hydrogens (tertiary/aromatic N) is 2. The van der Waals surface area contributed by atoms with Crippen LogP contribution in [0.1, 0.15) is 18.4 Å². The summed E-state index contributed by atoms with van der Waals surface area (Å²) < 4.78 is 51.7. The molecule has 118 valence electrons. The number of rotatable bonds is 1. The van der Waals surface area contributed by atoms with Gasteiger partial charge in [0.15, 0.2) is 5.82 Å². The van der Waals surface area contributed by atoms with E-state index in [1.165, 1.54) is 4.90 Å². The van der Waals surface area contributed by atoms with Crippen molar-refractivity contribution in [2.75, 3.05) is 18.4 Å². The third-order valence-electron chi connectivity index (χ3n) is 3.44. The molecule has 0 unspecified atom stereocenters. The molecule has 1 aliphatic rings. The average Bonchev–Trinajstić information content (AvgIpc) is 2.48. The van der Waals surface area contributed by atoms with Crippen LogP contribution in [0.3, 0.4) is 0 Å². The molecular weight excluding hydrogens is 302 g/mol. The zero-order valence-electron chi connectivity index (χ0n) is 11.5. The maximum Gasteiger partial charge on any atom is 0.419 e. The van der Waals surface area contributed by atoms with Crippen LogP contribution in [0.2, 0.25) is 0 Å². The number of hydrogen-bond donors (Lipinski definition) is 1. The molecule has 0 saturated carbocycles. The summed E-state index contributed by atoms with van der Waals surface area (Å²) in [6, 6.07) is 4.03. The van der Waals surface area contributed by atoms with Crippen molar-refractivity contribution in [3.05, 3.63) is 29.6 Å². The molecule has 0 radical (unpaired) electrons. The van der Waals surface area contributed by atoms with Gasteiger partial charge in [0.05, 0.1) is 23.2 Å². The average molecular weight is 315 g/mol. The molecule has 1 fully saturated rings. The summed E-state index contributed by atoms with van der Waals surface area (Å²) in [7, 11) is 0. The summed E-state index contributed by atoms with van der Waals surface area (Å²) in [6.45, 7) is 0.563. The lowest BCUT2D eigenvalue weighted by atomic mass is 10.0. The molecule has 1 aromatic rings. The number of urea groups is 1. The summed E-state index contributed by atoms with van der Waals surface area (Å²) in [5, 5.41) is 11.0. The van der Waals surface area contributed by atoms with Crippen LogP contribution in [-0.2, 0) is 6.18 Å². The van der Waals surface area contributed by atoms with Crippen LogP contribution < -0.4 is 5.32 Å². The fourth-order valence-corrected chi connectivity index (χ4v) is 2.31. The minimum Gasteiger partial charge on any atom is -0.323 e. The number of nitrogens with one attached hydrogen (secondary N) is 1. The van der Waals surface area contributed by atoms with E-state index in [9.17, 15) is 22.4 Å². The number of nitriles is 1. The molecule has 0 bridgehead atoms. The van der Waals surface area contributed by atoms with Crippen molar-refractivity contribution in [3.8, 4) is 6.07 Å². The van der Waals surface area contributed by atoms with Gasteiger partial charge >= 0.3 is 12.2 Å². The van der Waals surface area contributed by atoms with Gasteiger partial charge in [0.1, 0.15) is 0 Å². The van der Waals surface area contributed by atoms with Gasteiger partial charge in [-0.15, -0.1) is 0 Å². The Bertz CT molecular complexity index is 609. The van der Waals surface area contributed by atoms with Crippen LogP contribution in [-0.4, -0.2) is 24.0 Å². The molecule has 0 spiro atoms. The Morgan fingerprint density at radius 2 is 2.14 bits per heavy atom. The Hall–Kier alpha value is -2.30. The number of benzene rings is 1. The first-order valence-corrected chi connectivity index (χ1v) is 6.64. The van der Waals surface area contributed by atoms with Gasteiger partial charge in [0.25, 0.3) is 0 Å². The number of alkyl halides is 3. The van der Waals surface area contributed by atoms with Gasteiger partial charge < -0.3 is 10.2 Å². The quantitative estimate of drug-likeness (QED) is 0.805. The highest BCUT2D eigenvalue weighted by atomic mass is 19.4. The van der Waals surface area contributed by atoms with Crippen LogP contribution >= 0.6 is 0 Å². The fourth-order valence-electron chi connectivity index (χ4n) is 2.31. The highest BCUT2D eigenvalue weighted by Crippen LogP contribution is 2.34. The monoisotopic (exact) mass is 315 g/mol. The highest BCUT2D eigenvalue weighted by Gasteiger charge is 2.35. The summed E-state index contributed by atoms with van der Waals surface area (Å²) >= 11 is 0. The molecule has 2 amide bonds. The van der Waals surface area contributed by atoms with Crippen LogP contribution in [0.4, 0.5) is 28.0 Å².